The summed E-state index contributed by atoms with van der Waals surface area (Å²) in [6, 6.07) is 6.92. The van der Waals surface area contributed by atoms with Gasteiger partial charge in [-0.15, -0.1) is 0 Å². The Morgan fingerprint density at radius 3 is 3.05 bits per heavy atom. The molecule has 1 aliphatic rings. The molecule has 1 heterocycles. The lowest BCUT2D eigenvalue weighted by Gasteiger charge is -2.16. The molecule has 0 bridgehead atoms. The van der Waals surface area contributed by atoms with Crippen molar-refractivity contribution in [3.8, 4) is 0 Å². The number of likely N-dealkylation sites (tertiary alicyclic amines) is 1. The second-order valence-corrected chi connectivity index (χ2v) is 5.56. The van der Waals surface area contributed by atoms with E-state index in [1.165, 1.54) is 6.07 Å². The zero-order valence-corrected chi connectivity index (χ0v) is 12.5. The lowest BCUT2D eigenvalue weighted by Crippen LogP contribution is -2.30. The van der Waals surface area contributed by atoms with E-state index < -0.39 is 0 Å². The molecular formula is C17H23FN2O. The summed E-state index contributed by atoms with van der Waals surface area (Å²) in [5, 5.41) is 2.96. The summed E-state index contributed by atoms with van der Waals surface area (Å²) < 4.78 is 13.6. The summed E-state index contributed by atoms with van der Waals surface area (Å²) in [6.45, 7) is 5.15. The minimum Gasteiger partial charge on any atom is -0.356 e. The molecule has 3 nitrogen and oxygen atoms in total. The van der Waals surface area contributed by atoms with Crippen LogP contribution in [0.2, 0.25) is 0 Å². The second-order valence-electron chi connectivity index (χ2n) is 5.56. The molecule has 0 spiro atoms. The number of allylic oxidation sites excluding steroid dienone is 1. The summed E-state index contributed by atoms with van der Waals surface area (Å²) in [7, 11) is 0. The topological polar surface area (TPSA) is 32.3 Å². The molecule has 2 rings (SSSR count). The summed E-state index contributed by atoms with van der Waals surface area (Å²) in [5.74, 6) is 0.396. The van der Waals surface area contributed by atoms with Gasteiger partial charge < -0.3 is 5.32 Å². The first-order valence-electron chi connectivity index (χ1n) is 7.52. The molecule has 114 valence electrons. The van der Waals surface area contributed by atoms with Gasteiger partial charge in [0.05, 0.1) is 0 Å². The Hall–Kier alpha value is -1.68. The van der Waals surface area contributed by atoms with Gasteiger partial charge in [0.1, 0.15) is 5.82 Å². The van der Waals surface area contributed by atoms with Crippen molar-refractivity contribution in [3.05, 3.63) is 47.8 Å². The molecule has 1 aliphatic heterocycles. The summed E-state index contributed by atoms with van der Waals surface area (Å²) in [4.78, 5) is 13.8. The van der Waals surface area contributed by atoms with E-state index in [2.05, 4.69) is 10.2 Å². The quantitative estimate of drug-likeness (QED) is 0.817. The third kappa shape index (κ3) is 4.97. The maximum atomic E-state index is 13.6. The lowest BCUT2D eigenvalue weighted by molar-refractivity contribution is -0.120. The molecule has 1 fully saturated rings. The summed E-state index contributed by atoms with van der Waals surface area (Å²) in [6.07, 6.45) is 5.24. The van der Waals surface area contributed by atoms with Crippen molar-refractivity contribution >= 4 is 5.91 Å². The van der Waals surface area contributed by atoms with Crippen molar-refractivity contribution in [1.82, 2.24) is 10.2 Å². The Balaban J connectivity index is 1.74. The van der Waals surface area contributed by atoms with E-state index in [-0.39, 0.29) is 11.7 Å². The Bertz CT molecular complexity index is 501. The fourth-order valence-corrected chi connectivity index (χ4v) is 2.65. The number of rotatable bonds is 6. The molecule has 1 aromatic carbocycles. The molecule has 0 radical (unpaired) electrons. The molecular weight excluding hydrogens is 267 g/mol. The Morgan fingerprint density at radius 2 is 2.29 bits per heavy atom. The summed E-state index contributed by atoms with van der Waals surface area (Å²) in [5.41, 5.74) is 0.746. The van der Waals surface area contributed by atoms with Gasteiger partial charge in [-0.2, -0.15) is 0 Å². The first-order valence-corrected chi connectivity index (χ1v) is 7.52. The predicted molar refractivity (Wildman–Crippen MR) is 82.2 cm³/mol. The standard InChI is InChI=1S/C17H23FN2O/c1-2-3-8-17(21)19-11-14-9-10-20(12-14)13-15-6-4-5-7-16(15)18/h2-7,14H,8-13H2,1H3,(H,19,21)/b3-2+/t14-/m1/s1. The SMILES string of the molecule is C/C=C/CC(=O)NC[C@H]1CCN(Cc2ccccc2F)C1. The van der Waals surface area contributed by atoms with Crippen LogP contribution in [0.25, 0.3) is 0 Å². The van der Waals surface area contributed by atoms with Crippen LogP contribution in [0.15, 0.2) is 36.4 Å². The van der Waals surface area contributed by atoms with Crippen molar-refractivity contribution < 1.29 is 9.18 Å². The molecule has 1 aromatic rings. The van der Waals surface area contributed by atoms with E-state index in [9.17, 15) is 9.18 Å². The highest BCUT2D eigenvalue weighted by Crippen LogP contribution is 2.19. The van der Waals surface area contributed by atoms with Gasteiger partial charge in [0, 0.05) is 31.6 Å². The van der Waals surface area contributed by atoms with E-state index in [1.54, 1.807) is 6.07 Å². The number of amides is 1. The third-order valence-corrected chi connectivity index (χ3v) is 3.85. The van der Waals surface area contributed by atoms with Gasteiger partial charge in [0.25, 0.3) is 0 Å². The van der Waals surface area contributed by atoms with Crippen LogP contribution in [-0.4, -0.2) is 30.4 Å². The van der Waals surface area contributed by atoms with Gasteiger partial charge in [0.15, 0.2) is 0 Å². The highest BCUT2D eigenvalue weighted by Gasteiger charge is 2.23. The minimum atomic E-state index is -0.138. The molecule has 21 heavy (non-hydrogen) atoms. The molecule has 1 atom stereocenters. The van der Waals surface area contributed by atoms with Gasteiger partial charge in [-0.05, 0) is 31.9 Å². The number of hydrogen-bond donors (Lipinski definition) is 1. The van der Waals surface area contributed by atoms with Crippen LogP contribution < -0.4 is 5.32 Å². The van der Waals surface area contributed by atoms with E-state index in [0.717, 1.165) is 25.1 Å². The van der Waals surface area contributed by atoms with Crippen molar-refractivity contribution in [2.75, 3.05) is 19.6 Å². The number of carbonyl (C=O) groups excluding carboxylic acids is 1. The van der Waals surface area contributed by atoms with E-state index in [0.29, 0.717) is 25.4 Å². The number of hydrogen-bond acceptors (Lipinski definition) is 2. The molecule has 1 saturated heterocycles. The van der Waals surface area contributed by atoms with Crippen LogP contribution in [0.1, 0.15) is 25.3 Å². The highest BCUT2D eigenvalue weighted by molar-refractivity contribution is 5.77. The predicted octanol–water partition coefficient (Wildman–Crippen LogP) is 2.73. The second kappa shape index (κ2) is 7.93. The maximum absolute atomic E-state index is 13.6. The average Bonchev–Trinajstić information content (AvgIpc) is 2.93. The number of nitrogens with zero attached hydrogens (tertiary/aromatic N) is 1. The molecule has 4 heteroatoms. The minimum absolute atomic E-state index is 0.0700. The van der Waals surface area contributed by atoms with E-state index >= 15 is 0 Å². The van der Waals surface area contributed by atoms with E-state index in [1.807, 2.05) is 31.2 Å². The summed E-state index contributed by atoms with van der Waals surface area (Å²) >= 11 is 0. The molecule has 0 aliphatic carbocycles. The van der Waals surface area contributed by atoms with Crippen LogP contribution >= 0.6 is 0 Å². The van der Waals surface area contributed by atoms with Gasteiger partial charge >= 0.3 is 0 Å². The number of benzene rings is 1. The third-order valence-electron chi connectivity index (χ3n) is 3.85. The van der Waals surface area contributed by atoms with Crippen LogP contribution in [0, 0.1) is 11.7 Å². The highest BCUT2D eigenvalue weighted by atomic mass is 19.1. The molecule has 1 amide bonds. The Kier molecular flexibility index (Phi) is 5.93. The Labute approximate surface area is 125 Å². The molecule has 0 aromatic heterocycles. The molecule has 1 N–H and O–H groups in total. The van der Waals surface area contributed by atoms with E-state index in [4.69, 9.17) is 0 Å². The number of nitrogens with one attached hydrogen (secondary N) is 1. The maximum Gasteiger partial charge on any atom is 0.223 e. The first kappa shape index (κ1) is 15.7. The van der Waals surface area contributed by atoms with Crippen LogP contribution in [0.4, 0.5) is 4.39 Å². The van der Waals surface area contributed by atoms with Crippen molar-refractivity contribution in [2.24, 2.45) is 5.92 Å². The van der Waals surface area contributed by atoms with Crippen molar-refractivity contribution in [1.29, 1.82) is 0 Å². The number of halogens is 1. The fourth-order valence-electron chi connectivity index (χ4n) is 2.65. The fraction of sp³-hybridized carbons (Fsp3) is 0.471. The van der Waals surface area contributed by atoms with Crippen molar-refractivity contribution in [2.45, 2.75) is 26.3 Å². The normalized spacial score (nSPS) is 19.2. The van der Waals surface area contributed by atoms with Crippen LogP contribution in [0.5, 0.6) is 0 Å². The average molecular weight is 290 g/mol. The van der Waals surface area contributed by atoms with Crippen molar-refractivity contribution in [3.63, 3.8) is 0 Å². The van der Waals surface area contributed by atoms with Gasteiger partial charge in [-0.1, -0.05) is 30.4 Å². The smallest absolute Gasteiger partial charge is 0.223 e. The van der Waals surface area contributed by atoms with Crippen LogP contribution in [0.3, 0.4) is 0 Å². The monoisotopic (exact) mass is 290 g/mol. The zero-order valence-electron chi connectivity index (χ0n) is 12.5. The van der Waals surface area contributed by atoms with Crippen LogP contribution in [-0.2, 0) is 11.3 Å². The lowest BCUT2D eigenvalue weighted by atomic mass is 10.1. The number of carbonyl (C=O) groups is 1. The van der Waals surface area contributed by atoms with Gasteiger partial charge in [0.2, 0.25) is 5.91 Å². The molecule has 0 saturated carbocycles. The molecule has 0 unspecified atom stereocenters. The van der Waals surface area contributed by atoms with Gasteiger partial charge in [-0.25, -0.2) is 4.39 Å². The Morgan fingerprint density at radius 1 is 1.48 bits per heavy atom. The van der Waals surface area contributed by atoms with Gasteiger partial charge in [-0.3, -0.25) is 9.69 Å². The first-order chi connectivity index (χ1) is 10.2. The largest absolute Gasteiger partial charge is 0.356 e. The zero-order chi connectivity index (χ0) is 15.1.